The first-order chi connectivity index (χ1) is 13.8. The molecule has 0 aliphatic carbocycles. The van der Waals surface area contributed by atoms with E-state index < -0.39 is 6.10 Å². The van der Waals surface area contributed by atoms with Crippen LogP contribution in [0.1, 0.15) is 16.2 Å². The number of fused-ring (bicyclic) bond motifs is 1. The van der Waals surface area contributed by atoms with Crippen LogP contribution < -0.4 is 9.47 Å². The zero-order valence-electron chi connectivity index (χ0n) is 15.5. The van der Waals surface area contributed by atoms with Crippen molar-refractivity contribution in [1.82, 2.24) is 4.90 Å². The lowest BCUT2D eigenvalue weighted by Crippen LogP contribution is -2.34. The monoisotopic (exact) mass is 401 g/mol. The Kier molecular flexibility index (Phi) is 6.28. The fraction of sp³-hybridized carbons (Fsp3) is 0.333. The molecule has 1 aliphatic heterocycles. The normalized spacial score (nSPS) is 13.9. The molecule has 0 saturated carbocycles. The van der Waals surface area contributed by atoms with Crippen LogP contribution in [0.2, 0.25) is 0 Å². The van der Waals surface area contributed by atoms with Crippen molar-refractivity contribution in [3.8, 4) is 11.5 Å². The summed E-state index contributed by atoms with van der Waals surface area (Å²) in [6.45, 7) is 2.85. The molecule has 1 aromatic carbocycles. The molecule has 4 rings (SSSR count). The number of benzene rings is 1. The molecule has 1 atom stereocenters. The molecular weight excluding hydrogens is 378 g/mol. The summed E-state index contributed by atoms with van der Waals surface area (Å²) < 4.78 is 21.7. The van der Waals surface area contributed by atoms with E-state index in [0.717, 1.165) is 29.4 Å². The molecule has 3 heterocycles. The lowest BCUT2D eigenvalue weighted by atomic mass is 10.1. The number of ether oxygens (including phenoxy) is 3. The zero-order chi connectivity index (χ0) is 19.2. The minimum absolute atomic E-state index is 0.253. The Labute approximate surface area is 167 Å². The first-order valence-corrected chi connectivity index (χ1v) is 10.1. The summed E-state index contributed by atoms with van der Waals surface area (Å²) in [6.07, 6.45) is 1.02. The topological polar surface area (TPSA) is 64.3 Å². The summed E-state index contributed by atoms with van der Waals surface area (Å²) in [5, 5.41) is 12.5. The fourth-order valence-electron chi connectivity index (χ4n) is 3.15. The van der Waals surface area contributed by atoms with Crippen LogP contribution in [0, 0.1) is 0 Å². The molecule has 0 fully saturated rings. The summed E-state index contributed by atoms with van der Waals surface area (Å²) in [5.41, 5.74) is 1.12. The number of furan rings is 1. The number of aliphatic hydroxyl groups excluding tert-OH is 1. The van der Waals surface area contributed by atoms with Crippen molar-refractivity contribution in [3.05, 3.63) is 70.3 Å². The van der Waals surface area contributed by atoms with Crippen molar-refractivity contribution in [2.75, 3.05) is 19.9 Å². The quantitative estimate of drug-likeness (QED) is 0.560. The predicted octanol–water partition coefficient (Wildman–Crippen LogP) is 3.65. The maximum Gasteiger partial charge on any atom is 0.231 e. The highest BCUT2D eigenvalue weighted by molar-refractivity contribution is 7.09. The molecule has 1 aliphatic rings. The Hall–Kier alpha value is -2.32. The van der Waals surface area contributed by atoms with Gasteiger partial charge < -0.3 is 23.7 Å². The van der Waals surface area contributed by atoms with Gasteiger partial charge in [0.25, 0.3) is 0 Å². The van der Waals surface area contributed by atoms with E-state index in [1.165, 1.54) is 4.88 Å². The highest BCUT2D eigenvalue weighted by Crippen LogP contribution is 2.33. The van der Waals surface area contributed by atoms with Crippen molar-refractivity contribution in [1.29, 1.82) is 0 Å². The van der Waals surface area contributed by atoms with E-state index in [9.17, 15) is 5.11 Å². The van der Waals surface area contributed by atoms with Gasteiger partial charge >= 0.3 is 0 Å². The van der Waals surface area contributed by atoms with Crippen molar-refractivity contribution in [3.63, 3.8) is 0 Å². The van der Waals surface area contributed by atoms with E-state index >= 15 is 0 Å². The van der Waals surface area contributed by atoms with Crippen LogP contribution in [0.4, 0.5) is 0 Å². The summed E-state index contributed by atoms with van der Waals surface area (Å²) in [6, 6.07) is 13.8. The number of nitrogens with zero attached hydrogens (tertiary/aromatic N) is 1. The number of hydrogen-bond donors (Lipinski definition) is 1. The van der Waals surface area contributed by atoms with Crippen molar-refractivity contribution < 1.29 is 23.7 Å². The van der Waals surface area contributed by atoms with Gasteiger partial charge in [0, 0.05) is 24.5 Å². The molecule has 7 heteroatoms. The minimum atomic E-state index is -0.594. The van der Waals surface area contributed by atoms with E-state index in [-0.39, 0.29) is 13.4 Å². The van der Waals surface area contributed by atoms with Crippen LogP contribution in [0.3, 0.4) is 0 Å². The van der Waals surface area contributed by atoms with E-state index in [4.69, 9.17) is 18.6 Å². The third-order valence-corrected chi connectivity index (χ3v) is 5.27. The first kappa shape index (κ1) is 19.0. The lowest BCUT2D eigenvalue weighted by molar-refractivity contribution is 0.00267. The molecule has 0 bridgehead atoms. The molecule has 0 unspecified atom stereocenters. The largest absolute Gasteiger partial charge is 0.467 e. The zero-order valence-corrected chi connectivity index (χ0v) is 16.3. The molecular formula is C21H23NO5S. The van der Waals surface area contributed by atoms with Crippen LogP contribution in [-0.2, 0) is 24.4 Å². The average molecular weight is 401 g/mol. The molecule has 0 amide bonds. The highest BCUT2D eigenvalue weighted by Gasteiger charge is 2.17. The van der Waals surface area contributed by atoms with Gasteiger partial charge in [-0.25, -0.2) is 0 Å². The van der Waals surface area contributed by atoms with Gasteiger partial charge in [0.2, 0.25) is 6.79 Å². The summed E-state index contributed by atoms with van der Waals surface area (Å²) in [5.74, 6) is 2.30. The van der Waals surface area contributed by atoms with Crippen LogP contribution in [0.5, 0.6) is 11.5 Å². The van der Waals surface area contributed by atoms with Gasteiger partial charge in [-0.3, -0.25) is 4.90 Å². The van der Waals surface area contributed by atoms with Gasteiger partial charge in [-0.1, -0.05) is 12.1 Å². The number of rotatable bonds is 10. The van der Waals surface area contributed by atoms with Crippen LogP contribution in [0.25, 0.3) is 0 Å². The molecule has 0 saturated heterocycles. The van der Waals surface area contributed by atoms with Gasteiger partial charge in [-0.05, 0) is 41.3 Å². The smallest absolute Gasteiger partial charge is 0.231 e. The molecule has 0 radical (unpaired) electrons. The average Bonchev–Trinajstić information content (AvgIpc) is 3.44. The summed E-state index contributed by atoms with van der Waals surface area (Å²) in [4.78, 5) is 3.47. The van der Waals surface area contributed by atoms with Gasteiger partial charge in [-0.15, -0.1) is 11.3 Å². The molecule has 148 valence electrons. The molecule has 6 nitrogen and oxygen atoms in total. The molecule has 2 aromatic heterocycles. The fourth-order valence-corrected chi connectivity index (χ4v) is 3.89. The van der Waals surface area contributed by atoms with Crippen LogP contribution >= 0.6 is 11.3 Å². The third kappa shape index (κ3) is 5.14. The maximum absolute atomic E-state index is 10.5. The predicted molar refractivity (Wildman–Crippen MR) is 105 cm³/mol. The summed E-state index contributed by atoms with van der Waals surface area (Å²) >= 11 is 1.71. The van der Waals surface area contributed by atoms with Crippen LogP contribution in [-0.4, -0.2) is 36.1 Å². The second-order valence-electron chi connectivity index (χ2n) is 6.68. The second-order valence-corrected chi connectivity index (χ2v) is 7.72. The molecule has 0 spiro atoms. The Balaban J connectivity index is 1.35. The van der Waals surface area contributed by atoms with E-state index in [2.05, 4.69) is 16.3 Å². The maximum atomic E-state index is 10.5. The Morgan fingerprint density at radius 3 is 2.86 bits per heavy atom. The lowest BCUT2D eigenvalue weighted by Gasteiger charge is -2.25. The summed E-state index contributed by atoms with van der Waals surface area (Å²) in [7, 11) is 0. The van der Waals surface area contributed by atoms with Gasteiger partial charge in [-0.2, -0.15) is 0 Å². The minimum Gasteiger partial charge on any atom is -0.467 e. The van der Waals surface area contributed by atoms with E-state index in [0.29, 0.717) is 19.7 Å². The number of hydrogen-bond acceptors (Lipinski definition) is 7. The standard InChI is InChI=1S/C21H23NO5S/c23-17(13-24-14-18-3-1-7-25-18)11-22(12-19-4-2-8-28-19)10-16-5-6-20-21(9-16)27-15-26-20/h1-9,17,23H,10-15H2/t17-/m1/s1. The van der Waals surface area contributed by atoms with E-state index in [1.807, 2.05) is 36.4 Å². The SMILES string of the molecule is O[C@@H](COCc1ccco1)CN(Cc1ccc2c(c1)OCO2)Cc1cccs1. The van der Waals surface area contributed by atoms with Crippen LogP contribution in [0.15, 0.2) is 58.5 Å². The van der Waals surface area contributed by atoms with Crippen molar-refractivity contribution in [2.45, 2.75) is 25.8 Å². The Bertz CT molecular complexity index is 850. The molecule has 28 heavy (non-hydrogen) atoms. The molecule has 1 N–H and O–H groups in total. The molecule has 3 aromatic rings. The van der Waals surface area contributed by atoms with E-state index in [1.54, 1.807) is 17.6 Å². The first-order valence-electron chi connectivity index (χ1n) is 9.18. The Morgan fingerprint density at radius 1 is 1.11 bits per heavy atom. The van der Waals surface area contributed by atoms with Gasteiger partial charge in [0.15, 0.2) is 11.5 Å². The Morgan fingerprint density at radius 2 is 2.04 bits per heavy atom. The van der Waals surface area contributed by atoms with Gasteiger partial charge in [0.1, 0.15) is 12.4 Å². The third-order valence-electron chi connectivity index (χ3n) is 4.41. The van der Waals surface area contributed by atoms with Crippen molar-refractivity contribution >= 4 is 11.3 Å². The number of aliphatic hydroxyl groups is 1. The highest BCUT2D eigenvalue weighted by atomic mass is 32.1. The number of thiophene rings is 1. The van der Waals surface area contributed by atoms with Crippen molar-refractivity contribution in [2.24, 2.45) is 0 Å². The van der Waals surface area contributed by atoms with Gasteiger partial charge in [0.05, 0.1) is 19.0 Å². The second kappa shape index (κ2) is 9.25.